The molecule has 5 nitrogen and oxygen atoms in total. The van der Waals surface area contributed by atoms with Gasteiger partial charge in [-0.1, -0.05) is 27.3 Å². The molecular weight excluding hydrogens is 328 g/mol. The first kappa shape index (κ1) is 12.3. The molecule has 1 amide bonds. The standard InChI is InChI=1S/C12H9BrN4OS/c1-17-9(4-5-14-17)11(18)16-12-15-8-3-2-7(13)6-10(8)19-12/h2-6H,1H3,(H,15,16,18). The Kier molecular flexibility index (Phi) is 3.08. The summed E-state index contributed by atoms with van der Waals surface area (Å²) in [6, 6.07) is 7.48. The fraction of sp³-hybridized carbons (Fsp3) is 0.0833. The van der Waals surface area contributed by atoms with E-state index < -0.39 is 0 Å². The van der Waals surface area contributed by atoms with Gasteiger partial charge in [-0.2, -0.15) is 5.10 Å². The number of aryl methyl sites for hydroxylation is 1. The Morgan fingerprint density at radius 2 is 2.26 bits per heavy atom. The van der Waals surface area contributed by atoms with Crippen LogP contribution in [0, 0.1) is 0 Å². The van der Waals surface area contributed by atoms with Crippen LogP contribution in [0.5, 0.6) is 0 Å². The highest BCUT2D eigenvalue weighted by Crippen LogP contribution is 2.28. The van der Waals surface area contributed by atoms with Crippen molar-refractivity contribution >= 4 is 48.5 Å². The van der Waals surface area contributed by atoms with Crippen LogP contribution in [0.2, 0.25) is 0 Å². The number of hydrogen-bond donors (Lipinski definition) is 1. The molecule has 7 heteroatoms. The summed E-state index contributed by atoms with van der Waals surface area (Å²) in [5.74, 6) is -0.210. The number of benzene rings is 1. The van der Waals surface area contributed by atoms with Gasteiger partial charge in [-0.3, -0.25) is 14.8 Å². The molecule has 2 aromatic heterocycles. The summed E-state index contributed by atoms with van der Waals surface area (Å²) in [5, 5.41) is 7.34. The van der Waals surface area contributed by atoms with Crippen molar-refractivity contribution in [1.29, 1.82) is 0 Å². The molecule has 3 rings (SSSR count). The lowest BCUT2D eigenvalue weighted by atomic mass is 10.3. The monoisotopic (exact) mass is 336 g/mol. The molecule has 19 heavy (non-hydrogen) atoms. The molecule has 0 atom stereocenters. The molecule has 0 unspecified atom stereocenters. The first-order chi connectivity index (χ1) is 9.13. The second-order valence-corrected chi connectivity index (χ2v) is 5.87. The second kappa shape index (κ2) is 4.75. The lowest BCUT2D eigenvalue weighted by Crippen LogP contribution is -2.15. The average molecular weight is 337 g/mol. The largest absolute Gasteiger partial charge is 0.296 e. The Morgan fingerprint density at radius 1 is 1.42 bits per heavy atom. The predicted octanol–water partition coefficient (Wildman–Crippen LogP) is 3.04. The van der Waals surface area contributed by atoms with Gasteiger partial charge in [0.25, 0.3) is 5.91 Å². The van der Waals surface area contributed by atoms with E-state index in [9.17, 15) is 4.79 Å². The van der Waals surface area contributed by atoms with Crippen molar-refractivity contribution < 1.29 is 4.79 Å². The van der Waals surface area contributed by atoms with E-state index in [4.69, 9.17) is 0 Å². The van der Waals surface area contributed by atoms with Gasteiger partial charge in [0.15, 0.2) is 5.13 Å². The van der Waals surface area contributed by atoms with Crippen LogP contribution < -0.4 is 5.32 Å². The number of aromatic nitrogens is 3. The molecule has 2 heterocycles. The Morgan fingerprint density at radius 3 is 3.00 bits per heavy atom. The van der Waals surface area contributed by atoms with Gasteiger partial charge in [0.2, 0.25) is 0 Å². The maximum absolute atomic E-state index is 12.0. The van der Waals surface area contributed by atoms with Gasteiger partial charge in [-0.25, -0.2) is 4.98 Å². The first-order valence-electron chi connectivity index (χ1n) is 5.49. The highest BCUT2D eigenvalue weighted by Gasteiger charge is 2.12. The summed E-state index contributed by atoms with van der Waals surface area (Å²) < 4.78 is 3.54. The van der Waals surface area contributed by atoms with Crippen molar-refractivity contribution in [3.8, 4) is 0 Å². The molecule has 0 spiro atoms. The van der Waals surface area contributed by atoms with Gasteiger partial charge < -0.3 is 0 Å². The molecule has 96 valence electrons. The van der Waals surface area contributed by atoms with Crippen molar-refractivity contribution in [2.45, 2.75) is 0 Å². The Balaban J connectivity index is 1.89. The third-order valence-corrected chi connectivity index (χ3v) is 4.05. The third-order valence-electron chi connectivity index (χ3n) is 2.62. The Hall–Kier alpha value is -1.73. The summed E-state index contributed by atoms with van der Waals surface area (Å²) in [5.41, 5.74) is 1.37. The van der Waals surface area contributed by atoms with Crippen LogP contribution >= 0.6 is 27.3 Å². The van der Waals surface area contributed by atoms with E-state index >= 15 is 0 Å². The molecule has 0 fully saturated rings. The van der Waals surface area contributed by atoms with E-state index in [1.165, 1.54) is 16.0 Å². The molecule has 0 bridgehead atoms. The fourth-order valence-corrected chi connectivity index (χ4v) is 3.12. The predicted molar refractivity (Wildman–Crippen MR) is 78.5 cm³/mol. The van der Waals surface area contributed by atoms with Crippen molar-refractivity contribution in [2.24, 2.45) is 7.05 Å². The van der Waals surface area contributed by atoms with Gasteiger partial charge in [-0.15, -0.1) is 0 Å². The van der Waals surface area contributed by atoms with Crippen molar-refractivity contribution in [3.63, 3.8) is 0 Å². The van der Waals surface area contributed by atoms with Crippen LogP contribution in [0.3, 0.4) is 0 Å². The highest BCUT2D eigenvalue weighted by atomic mass is 79.9. The molecule has 1 aromatic carbocycles. The normalized spacial score (nSPS) is 10.8. The minimum absolute atomic E-state index is 0.210. The molecule has 0 saturated carbocycles. The van der Waals surface area contributed by atoms with Gasteiger partial charge >= 0.3 is 0 Å². The number of carbonyl (C=O) groups excluding carboxylic acids is 1. The van der Waals surface area contributed by atoms with Crippen molar-refractivity contribution in [2.75, 3.05) is 5.32 Å². The van der Waals surface area contributed by atoms with Crippen molar-refractivity contribution in [3.05, 3.63) is 40.6 Å². The SMILES string of the molecule is Cn1nccc1C(=O)Nc1nc2ccc(Br)cc2s1. The number of halogens is 1. The zero-order valence-corrected chi connectivity index (χ0v) is 12.3. The fourth-order valence-electron chi connectivity index (χ4n) is 1.71. The number of anilines is 1. The summed E-state index contributed by atoms with van der Waals surface area (Å²) in [7, 11) is 1.73. The lowest BCUT2D eigenvalue weighted by molar-refractivity contribution is 0.101. The van der Waals surface area contributed by atoms with Gasteiger partial charge in [0, 0.05) is 17.7 Å². The quantitative estimate of drug-likeness (QED) is 0.782. The van der Waals surface area contributed by atoms with Crippen LogP contribution in [-0.4, -0.2) is 20.7 Å². The van der Waals surface area contributed by atoms with Gasteiger partial charge in [0.1, 0.15) is 5.69 Å². The van der Waals surface area contributed by atoms with E-state index in [0.29, 0.717) is 10.8 Å². The number of thiazole rings is 1. The number of carbonyl (C=O) groups is 1. The molecule has 0 aliphatic rings. The smallest absolute Gasteiger partial charge is 0.275 e. The molecule has 0 aliphatic carbocycles. The van der Waals surface area contributed by atoms with E-state index in [2.05, 4.69) is 31.3 Å². The van der Waals surface area contributed by atoms with Crippen LogP contribution in [-0.2, 0) is 7.05 Å². The van der Waals surface area contributed by atoms with E-state index in [1.807, 2.05) is 18.2 Å². The van der Waals surface area contributed by atoms with Crippen LogP contribution in [0.4, 0.5) is 5.13 Å². The maximum Gasteiger partial charge on any atom is 0.275 e. The number of hydrogen-bond acceptors (Lipinski definition) is 4. The highest BCUT2D eigenvalue weighted by molar-refractivity contribution is 9.10. The summed E-state index contributed by atoms with van der Waals surface area (Å²) >= 11 is 4.85. The third kappa shape index (κ3) is 2.39. The van der Waals surface area contributed by atoms with E-state index in [-0.39, 0.29) is 5.91 Å². The molecule has 3 aromatic rings. The minimum Gasteiger partial charge on any atom is -0.296 e. The van der Waals surface area contributed by atoms with Crippen LogP contribution in [0.15, 0.2) is 34.9 Å². The zero-order chi connectivity index (χ0) is 13.4. The lowest BCUT2D eigenvalue weighted by Gasteiger charge is -2.00. The van der Waals surface area contributed by atoms with Crippen LogP contribution in [0.1, 0.15) is 10.5 Å². The number of rotatable bonds is 2. The zero-order valence-electron chi connectivity index (χ0n) is 9.92. The number of nitrogens with zero attached hydrogens (tertiary/aromatic N) is 3. The van der Waals surface area contributed by atoms with Crippen molar-refractivity contribution in [1.82, 2.24) is 14.8 Å². The number of nitrogens with one attached hydrogen (secondary N) is 1. The van der Waals surface area contributed by atoms with Gasteiger partial charge in [0.05, 0.1) is 10.2 Å². The van der Waals surface area contributed by atoms with E-state index in [0.717, 1.165) is 14.7 Å². The molecular formula is C12H9BrN4OS. The number of fused-ring (bicyclic) bond motifs is 1. The molecule has 0 aliphatic heterocycles. The Bertz CT molecular complexity index is 764. The average Bonchev–Trinajstić information content (AvgIpc) is 2.94. The maximum atomic E-state index is 12.0. The van der Waals surface area contributed by atoms with Gasteiger partial charge in [-0.05, 0) is 24.3 Å². The summed E-state index contributed by atoms with van der Waals surface area (Å²) in [6.45, 7) is 0. The molecule has 1 N–H and O–H groups in total. The number of amides is 1. The van der Waals surface area contributed by atoms with Crippen LogP contribution in [0.25, 0.3) is 10.2 Å². The minimum atomic E-state index is -0.210. The molecule has 0 saturated heterocycles. The second-order valence-electron chi connectivity index (χ2n) is 3.93. The first-order valence-corrected chi connectivity index (χ1v) is 7.10. The molecule has 0 radical (unpaired) electrons. The summed E-state index contributed by atoms with van der Waals surface area (Å²) in [4.78, 5) is 16.4. The summed E-state index contributed by atoms with van der Waals surface area (Å²) in [6.07, 6.45) is 1.59. The van der Waals surface area contributed by atoms with E-state index in [1.54, 1.807) is 19.3 Å². The Labute approximate surface area is 121 Å². The topological polar surface area (TPSA) is 59.8 Å².